The van der Waals surface area contributed by atoms with Crippen molar-refractivity contribution in [2.24, 2.45) is 0 Å². The number of hydrogen-bond donors (Lipinski definition) is 2. The summed E-state index contributed by atoms with van der Waals surface area (Å²) < 4.78 is 55.1. The van der Waals surface area contributed by atoms with Crippen LogP contribution in [0, 0.1) is 32.4 Å². The summed E-state index contributed by atoms with van der Waals surface area (Å²) in [6, 6.07) is 2.71. The Kier molecular flexibility index (Phi) is 6.13. The number of nitrogens with one attached hydrogen (secondary N) is 2. The molecule has 0 atom stereocenters. The molecule has 0 saturated heterocycles. The van der Waals surface area contributed by atoms with Gasteiger partial charge in [0.05, 0.1) is 34.5 Å². The molecule has 30 heavy (non-hydrogen) atoms. The summed E-state index contributed by atoms with van der Waals surface area (Å²) in [7, 11) is -4.02. The lowest BCUT2D eigenvalue weighted by atomic mass is 10.2. The first kappa shape index (κ1) is 21.8. The van der Waals surface area contributed by atoms with E-state index in [1.807, 2.05) is 0 Å². The molecule has 0 amide bonds. The fourth-order valence-electron chi connectivity index (χ4n) is 2.64. The molecular weight excluding hydrogens is 438 g/mol. The summed E-state index contributed by atoms with van der Waals surface area (Å²) in [6.45, 7) is 4.58. The largest absolute Gasteiger partial charge is 0.366 e. The number of pyridine rings is 2. The maximum Gasteiger partial charge on any atom is 0.266 e. The Morgan fingerprint density at radius 3 is 2.13 bits per heavy atom. The van der Waals surface area contributed by atoms with Crippen molar-refractivity contribution >= 4 is 33.4 Å². The van der Waals surface area contributed by atoms with Gasteiger partial charge in [0.25, 0.3) is 10.0 Å². The number of sulfonamides is 1. The van der Waals surface area contributed by atoms with Gasteiger partial charge in [0.1, 0.15) is 22.3 Å². The molecule has 158 valence electrons. The monoisotopic (exact) mass is 454 g/mol. The fourth-order valence-corrected chi connectivity index (χ4v) is 3.85. The number of rotatable bonds is 6. The number of halogens is 3. The lowest BCUT2D eigenvalue weighted by molar-refractivity contribution is 0.550. The Morgan fingerprint density at radius 2 is 1.57 bits per heavy atom. The van der Waals surface area contributed by atoms with Crippen molar-refractivity contribution in [1.82, 2.24) is 19.9 Å². The summed E-state index contributed by atoms with van der Waals surface area (Å²) in [6.07, 6.45) is 1.81. The highest BCUT2D eigenvalue weighted by Gasteiger charge is 2.21. The van der Waals surface area contributed by atoms with Crippen LogP contribution in [0.4, 0.5) is 20.5 Å². The molecule has 0 radical (unpaired) electrons. The molecule has 3 aromatic heterocycles. The third-order valence-electron chi connectivity index (χ3n) is 4.13. The Balaban J connectivity index is 1.80. The van der Waals surface area contributed by atoms with Crippen molar-refractivity contribution in [2.75, 3.05) is 10.0 Å². The molecule has 8 nitrogen and oxygen atoms in total. The van der Waals surface area contributed by atoms with Crippen molar-refractivity contribution in [3.05, 3.63) is 63.8 Å². The van der Waals surface area contributed by atoms with Gasteiger partial charge in [-0.1, -0.05) is 11.6 Å². The van der Waals surface area contributed by atoms with E-state index in [-0.39, 0.29) is 34.5 Å². The van der Waals surface area contributed by atoms with Crippen molar-refractivity contribution < 1.29 is 17.2 Å². The predicted octanol–water partition coefficient (Wildman–Crippen LogP) is 3.54. The molecular formula is C18H17ClF2N6O2S. The number of anilines is 2. The summed E-state index contributed by atoms with van der Waals surface area (Å²) >= 11 is 6.00. The number of aromatic nitrogens is 4. The van der Waals surface area contributed by atoms with Gasteiger partial charge in [0.2, 0.25) is 5.95 Å². The molecule has 3 heterocycles. The highest BCUT2D eigenvalue weighted by Crippen LogP contribution is 2.22. The molecule has 0 aromatic carbocycles. The molecule has 0 unspecified atom stereocenters. The summed E-state index contributed by atoms with van der Waals surface area (Å²) in [5.41, 5.74) is 0.845. The molecule has 2 N–H and O–H groups in total. The van der Waals surface area contributed by atoms with Crippen molar-refractivity contribution in [1.29, 1.82) is 0 Å². The van der Waals surface area contributed by atoms with Crippen LogP contribution in [0.25, 0.3) is 0 Å². The average Bonchev–Trinajstić information content (AvgIpc) is 2.65. The molecule has 3 rings (SSSR count). The Hall–Kier alpha value is -2.92. The van der Waals surface area contributed by atoms with Gasteiger partial charge in [0, 0.05) is 12.1 Å². The first-order valence-electron chi connectivity index (χ1n) is 8.61. The van der Waals surface area contributed by atoms with Gasteiger partial charge in [-0.3, -0.25) is 4.98 Å². The standard InChI is InChI=1S/C18H17ClF2N6O2S/c1-9-15(30(28,29)27-18-25-10(2)17(19)11(3)26-18)4-5-16(24-9)23-6-12-13(20)7-22-8-14(12)21/h4-5,7-8H,6H2,1-3H3,(H,23,24)(H,25,26,27). The molecule has 12 heteroatoms. The van der Waals surface area contributed by atoms with E-state index in [2.05, 4.69) is 30.0 Å². The average molecular weight is 455 g/mol. The Labute approximate surface area is 176 Å². The number of nitrogens with zero attached hydrogens (tertiary/aromatic N) is 4. The normalized spacial score (nSPS) is 11.4. The van der Waals surface area contributed by atoms with E-state index in [4.69, 9.17) is 11.6 Å². The van der Waals surface area contributed by atoms with Gasteiger partial charge >= 0.3 is 0 Å². The second-order valence-corrected chi connectivity index (χ2v) is 8.38. The molecule has 0 bridgehead atoms. The third-order valence-corrected chi connectivity index (χ3v) is 6.14. The first-order valence-corrected chi connectivity index (χ1v) is 10.5. The van der Waals surface area contributed by atoms with E-state index in [1.165, 1.54) is 19.1 Å². The Bertz CT molecular complexity index is 1180. The fraction of sp³-hybridized carbons (Fsp3) is 0.222. The predicted molar refractivity (Wildman–Crippen MR) is 108 cm³/mol. The van der Waals surface area contributed by atoms with Gasteiger partial charge in [-0.25, -0.2) is 36.9 Å². The lowest BCUT2D eigenvalue weighted by Crippen LogP contribution is -2.18. The third kappa shape index (κ3) is 4.62. The highest BCUT2D eigenvalue weighted by molar-refractivity contribution is 7.92. The van der Waals surface area contributed by atoms with Gasteiger partial charge in [-0.2, -0.15) is 0 Å². The quantitative estimate of drug-likeness (QED) is 0.586. The number of hydrogen-bond acceptors (Lipinski definition) is 7. The minimum Gasteiger partial charge on any atom is -0.366 e. The minimum absolute atomic E-state index is 0.0943. The topological polar surface area (TPSA) is 110 Å². The molecule has 0 aliphatic heterocycles. The first-order chi connectivity index (χ1) is 14.1. The maximum atomic E-state index is 13.7. The van der Waals surface area contributed by atoms with E-state index in [0.29, 0.717) is 16.4 Å². The van der Waals surface area contributed by atoms with Crippen molar-refractivity contribution in [3.8, 4) is 0 Å². The second kappa shape index (κ2) is 8.44. The van der Waals surface area contributed by atoms with E-state index in [1.54, 1.807) is 13.8 Å². The van der Waals surface area contributed by atoms with E-state index in [9.17, 15) is 17.2 Å². The number of aryl methyl sites for hydroxylation is 3. The van der Waals surface area contributed by atoms with Crippen LogP contribution in [0.1, 0.15) is 22.6 Å². The zero-order valence-corrected chi connectivity index (χ0v) is 17.7. The smallest absolute Gasteiger partial charge is 0.266 e. The van der Waals surface area contributed by atoms with E-state index >= 15 is 0 Å². The zero-order valence-electron chi connectivity index (χ0n) is 16.2. The van der Waals surface area contributed by atoms with Crippen LogP contribution in [0.5, 0.6) is 0 Å². The summed E-state index contributed by atoms with van der Waals surface area (Å²) in [5, 5.41) is 3.11. The van der Waals surface area contributed by atoms with Gasteiger partial charge in [-0.15, -0.1) is 0 Å². The Morgan fingerprint density at radius 1 is 0.967 bits per heavy atom. The summed E-state index contributed by atoms with van der Waals surface area (Å²) in [4.78, 5) is 15.5. The lowest BCUT2D eigenvalue weighted by Gasteiger charge is -2.12. The van der Waals surface area contributed by atoms with Crippen LogP contribution in [-0.4, -0.2) is 28.4 Å². The maximum absolute atomic E-state index is 13.7. The summed E-state index contributed by atoms with van der Waals surface area (Å²) in [5.74, 6) is -1.46. The van der Waals surface area contributed by atoms with Crippen molar-refractivity contribution in [2.45, 2.75) is 32.2 Å². The van der Waals surface area contributed by atoms with Crippen LogP contribution < -0.4 is 10.0 Å². The van der Waals surface area contributed by atoms with Crippen LogP contribution in [0.2, 0.25) is 5.02 Å². The van der Waals surface area contributed by atoms with Crippen LogP contribution in [-0.2, 0) is 16.6 Å². The van der Waals surface area contributed by atoms with E-state index in [0.717, 1.165) is 12.4 Å². The zero-order chi connectivity index (χ0) is 22.1. The minimum atomic E-state index is -4.02. The SMILES string of the molecule is Cc1nc(NCc2c(F)cncc2F)ccc1S(=O)(=O)Nc1nc(C)c(Cl)c(C)n1. The second-order valence-electron chi connectivity index (χ2n) is 6.35. The highest BCUT2D eigenvalue weighted by atomic mass is 35.5. The van der Waals surface area contributed by atoms with Gasteiger partial charge in [0.15, 0.2) is 0 Å². The molecule has 3 aromatic rings. The van der Waals surface area contributed by atoms with Crippen LogP contribution in [0.15, 0.2) is 29.4 Å². The molecule has 0 spiro atoms. The van der Waals surface area contributed by atoms with Crippen LogP contribution >= 0.6 is 11.6 Å². The molecule has 0 aliphatic rings. The van der Waals surface area contributed by atoms with Gasteiger partial charge < -0.3 is 5.32 Å². The van der Waals surface area contributed by atoms with E-state index < -0.39 is 21.7 Å². The molecule has 0 saturated carbocycles. The van der Waals surface area contributed by atoms with Gasteiger partial charge in [-0.05, 0) is 32.9 Å². The van der Waals surface area contributed by atoms with Crippen molar-refractivity contribution in [3.63, 3.8) is 0 Å². The molecule has 0 aliphatic carbocycles. The molecule has 0 fully saturated rings. The van der Waals surface area contributed by atoms with Crippen LogP contribution in [0.3, 0.4) is 0 Å².